The average Bonchev–Trinajstić information content (AvgIpc) is 2.59. The zero-order valence-electron chi connectivity index (χ0n) is 7.82. The molecule has 2 heteroatoms. The van der Waals surface area contributed by atoms with Gasteiger partial charge in [-0.15, -0.1) is 0 Å². The number of para-hydroxylation sites is 1. The van der Waals surface area contributed by atoms with Crippen molar-refractivity contribution in [2.75, 3.05) is 0 Å². The highest BCUT2D eigenvalue weighted by Crippen LogP contribution is 2.29. The normalized spacial score (nSPS) is 11.2. The van der Waals surface area contributed by atoms with Gasteiger partial charge in [0.25, 0.3) is 0 Å². The van der Waals surface area contributed by atoms with E-state index in [-0.39, 0.29) is 0 Å². The molecule has 0 spiro atoms. The van der Waals surface area contributed by atoms with Crippen LogP contribution >= 0.6 is 0 Å². The van der Waals surface area contributed by atoms with Crippen molar-refractivity contribution in [2.45, 2.75) is 6.92 Å². The van der Waals surface area contributed by atoms with Crippen molar-refractivity contribution >= 4 is 21.9 Å². The third-order valence-corrected chi connectivity index (χ3v) is 2.46. The largest absolute Gasteiger partial charge is 0.456 e. The molecule has 3 rings (SSSR count). The molecule has 68 valence electrons. The maximum absolute atomic E-state index is 5.74. The summed E-state index contributed by atoms with van der Waals surface area (Å²) >= 11 is 0. The Morgan fingerprint density at radius 2 is 1.93 bits per heavy atom. The topological polar surface area (TPSA) is 26.0 Å². The lowest BCUT2D eigenvalue weighted by atomic mass is 10.2. The van der Waals surface area contributed by atoms with Gasteiger partial charge in [-0.3, -0.25) is 4.98 Å². The summed E-state index contributed by atoms with van der Waals surface area (Å²) in [4.78, 5) is 4.17. The Balaban J connectivity index is 2.63. The van der Waals surface area contributed by atoms with Crippen LogP contribution in [0, 0.1) is 6.92 Å². The van der Waals surface area contributed by atoms with Crippen LogP contribution in [0.5, 0.6) is 0 Å². The standard InChI is InChI=1S/C12H9NO/c1-8-6-13-7-10-9-4-2-3-5-11(9)14-12(8)10/h2-7H,1H3. The third-order valence-electron chi connectivity index (χ3n) is 2.46. The number of fused-ring (bicyclic) bond motifs is 3. The Kier molecular flexibility index (Phi) is 1.39. The summed E-state index contributed by atoms with van der Waals surface area (Å²) in [5.41, 5.74) is 2.96. The van der Waals surface area contributed by atoms with Crippen LogP contribution in [-0.4, -0.2) is 4.98 Å². The van der Waals surface area contributed by atoms with Crippen molar-refractivity contribution < 1.29 is 4.42 Å². The van der Waals surface area contributed by atoms with E-state index in [4.69, 9.17) is 4.42 Å². The predicted octanol–water partition coefficient (Wildman–Crippen LogP) is 3.29. The lowest BCUT2D eigenvalue weighted by Gasteiger charge is -1.90. The van der Waals surface area contributed by atoms with Gasteiger partial charge in [0, 0.05) is 28.7 Å². The van der Waals surface area contributed by atoms with E-state index < -0.39 is 0 Å². The van der Waals surface area contributed by atoms with Crippen LogP contribution in [0.3, 0.4) is 0 Å². The summed E-state index contributed by atoms with van der Waals surface area (Å²) in [6, 6.07) is 8.03. The Labute approximate surface area is 81.2 Å². The molecule has 0 amide bonds. The summed E-state index contributed by atoms with van der Waals surface area (Å²) in [7, 11) is 0. The van der Waals surface area contributed by atoms with Gasteiger partial charge < -0.3 is 4.42 Å². The molecule has 2 heterocycles. The fraction of sp³-hybridized carbons (Fsp3) is 0.0833. The Bertz CT molecular complexity index is 610. The van der Waals surface area contributed by atoms with Gasteiger partial charge in [0.1, 0.15) is 11.2 Å². The van der Waals surface area contributed by atoms with Gasteiger partial charge in [-0.1, -0.05) is 18.2 Å². The van der Waals surface area contributed by atoms with Gasteiger partial charge in [-0.05, 0) is 13.0 Å². The molecule has 0 unspecified atom stereocenters. The number of furan rings is 1. The van der Waals surface area contributed by atoms with Crippen molar-refractivity contribution in [3.8, 4) is 0 Å². The average molecular weight is 183 g/mol. The summed E-state index contributed by atoms with van der Waals surface area (Å²) in [6.07, 6.45) is 3.68. The smallest absolute Gasteiger partial charge is 0.141 e. The van der Waals surface area contributed by atoms with Crippen LogP contribution in [0.4, 0.5) is 0 Å². The summed E-state index contributed by atoms with van der Waals surface area (Å²) in [5.74, 6) is 0. The molecule has 0 aliphatic carbocycles. The summed E-state index contributed by atoms with van der Waals surface area (Å²) < 4.78 is 5.74. The van der Waals surface area contributed by atoms with Crippen LogP contribution in [0.15, 0.2) is 41.1 Å². The molecule has 0 aliphatic rings. The lowest BCUT2D eigenvalue weighted by molar-refractivity contribution is 0.665. The molecule has 0 fully saturated rings. The SMILES string of the molecule is Cc1cncc2c1oc1ccccc12. The van der Waals surface area contributed by atoms with Gasteiger partial charge in [-0.2, -0.15) is 0 Å². The minimum absolute atomic E-state index is 0.929. The number of nitrogens with zero attached hydrogens (tertiary/aromatic N) is 1. The highest BCUT2D eigenvalue weighted by molar-refractivity contribution is 6.05. The molecule has 0 saturated carbocycles. The summed E-state index contributed by atoms with van der Waals surface area (Å²) in [5, 5.41) is 2.24. The van der Waals surface area contributed by atoms with Crippen molar-refractivity contribution in [3.63, 3.8) is 0 Å². The second-order valence-electron chi connectivity index (χ2n) is 3.43. The first-order chi connectivity index (χ1) is 6.86. The van der Waals surface area contributed by atoms with Crippen LogP contribution in [0.2, 0.25) is 0 Å². The molecule has 3 aromatic rings. The van der Waals surface area contributed by atoms with Crippen molar-refractivity contribution in [1.82, 2.24) is 4.98 Å². The van der Waals surface area contributed by atoms with Gasteiger partial charge in [0.2, 0.25) is 0 Å². The van der Waals surface area contributed by atoms with Crippen LogP contribution in [0.25, 0.3) is 21.9 Å². The highest BCUT2D eigenvalue weighted by Gasteiger charge is 2.07. The van der Waals surface area contributed by atoms with E-state index in [0.717, 1.165) is 27.5 Å². The van der Waals surface area contributed by atoms with Crippen molar-refractivity contribution in [3.05, 3.63) is 42.2 Å². The molecule has 0 bridgehead atoms. The van der Waals surface area contributed by atoms with E-state index in [1.807, 2.05) is 37.5 Å². The van der Waals surface area contributed by atoms with E-state index in [1.165, 1.54) is 0 Å². The minimum atomic E-state index is 0.929. The number of benzene rings is 1. The molecule has 0 atom stereocenters. The first-order valence-corrected chi connectivity index (χ1v) is 4.58. The van der Waals surface area contributed by atoms with E-state index >= 15 is 0 Å². The van der Waals surface area contributed by atoms with Gasteiger partial charge in [0.05, 0.1) is 0 Å². The van der Waals surface area contributed by atoms with E-state index in [0.29, 0.717) is 0 Å². The van der Waals surface area contributed by atoms with Crippen LogP contribution < -0.4 is 0 Å². The van der Waals surface area contributed by atoms with Crippen molar-refractivity contribution in [2.24, 2.45) is 0 Å². The van der Waals surface area contributed by atoms with Crippen LogP contribution in [-0.2, 0) is 0 Å². The molecular weight excluding hydrogens is 174 g/mol. The van der Waals surface area contributed by atoms with E-state index in [1.54, 1.807) is 0 Å². The summed E-state index contributed by atoms with van der Waals surface area (Å²) in [6.45, 7) is 2.01. The second-order valence-corrected chi connectivity index (χ2v) is 3.43. The number of rotatable bonds is 0. The molecular formula is C12H9NO. The molecule has 2 aromatic heterocycles. The van der Waals surface area contributed by atoms with Gasteiger partial charge in [0.15, 0.2) is 0 Å². The highest BCUT2D eigenvalue weighted by atomic mass is 16.3. The number of aromatic nitrogens is 1. The van der Waals surface area contributed by atoms with E-state index in [2.05, 4.69) is 11.1 Å². The maximum atomic E-state index is 5.74. The minimum Gasteiger partial charge on any atom is -0.456 e. The first-order valence-electron chi connectivity index (χ1n) is 4.58. The molecule has 0 radical (unpaired) electrons. The Hall–Kier alpha value is -1.83. The quantitative estimate of drug-likeness (QED) is 0.534. The second kappa shape index (κ2) is 2.58. The van der Waals surface area contributed by atoms with Gasteiger partial charge >= 0.3 is 0 Å². The van der Waals surface area contributed by atoms with Gasteiger partial charge in [-0.25, -0.2) is 0 Å². The molecule has 2 nitrogen and oxygen atoms in total. The predicted molar refractivity (Wildman–Crippen MR) is 56.3 cm³/mol. The van der Waals surface area contributed by atoms with E-state index in [9.17, 15) is 0 Å². The number of hydrogen-bond donors (Lipinski definition) is 0. The maximum Gasteiger partial charge on any atom is 0.141 e. The molecule has 1 aromatic carbocycles. The Morgan fingerprint density at radius 3 is 2.86 bits per heavy atom. The van der Waals surface area contributed by atoms with Crippen molar-refractivity contribution in [1.29, 1.82) is 0 Å². The molecule has 14 heavy (non-hydrogen) atoms. The molecule has 0 N–H and O–H groups in total. The third kappa shape index (κ3) is 0.880. The zero-order valence-corrected chi connectivity index (χ0v) is 7.82. The Morgan fingerprint density at radius 1 is 1.07 bits per heavy atom. The lowest BCUT2D eigenvalue weighted by Crippen LogP contribution is -1.75. The monoisotopic (exact) mass is 183 g/mol. The molecule has 0 aliphatic heterocycles. The zero-order chi connectivity index (χ0) is 9.54. The molecule has 0 saturated heterocycles. The number of pyridine rings is 1. The number of hydrogen-bond acceptors (Lipinski definition) is 2. The number of aryl methyl sites for hydroxylation is 1. The first kappa shape index (κ1) is 7.56. The van der Waals surface area contributed by atoms with Crippen LogP contribution in [0.1, 0.15) is 5.56 Å². The fourth-order valence-corrected chi connectivity index (χ4v) is 1.77. The fourth-order valence-electron chi connectivity index (χ4n) is 1.77.